The highest BCUT2D eigenvalue weighted by atomic mass is 16.1. The maximum atomic E-state index is 11.6. The van der Waals surface area contributed by atoms with Gasteiger partial charge in [0.25, 0.3) is 0 Å². The number of nitrogens with two attached hydrogens (primary N) is 1. The molecule has 1 rings (SSSR count). The van der Waals surface area contributed by atoms with Crippen molar-refractivity contribution in [2.45, 2.75) is 52.2 Å². The summed E-state index contributed by atoms with van der Waals surface area (Å²) in [5, 5.41) is 3.22. The molecule has 96 valence electrons. The second-order valence-electron chi connectivity index (χ2n) is 4.82. The summed E-state index contributed by atoms with van der Waals surface area (Å²) in [6.45, 7) is 8.36. The lowest BCUT2D eigenvalue weighted by Gasteiger charge is -2.30. The van der Waals surface area contributed by atoms with Gasteiger partial charge in [-0.2, -0.15) is 0 Å². The molecule has 0 aliphatic carbocycles. The third-order valence-corrected chi connectivity index (χ3v) is 2.76. The molecule has 0 saturated heterocycles. The molecule has 0 aromatic carbocycles. The number of hydrogen-bond donors (Lipinski definition) is 2. The SMILES string of the molecule is CCc1nccn1CC(C)(NC(C)C)C(N)=O. The van der Waals surface area contributed by atoms with Gasteiger partial charge < -0.3 is 10.3 Å². The van der Waals surface area contributed by atoms with E-state index in [1.165, 1.54) is 0 Å². The van der Waals surface area contributed by atoms with Crippen molar-refractivity contribution in [3.63, 3.8) is 0 Å². The van der Waals surface area contributed by atoms with Crippen molar-refractivity contribution >= 4 is 5.91 Å². The third kappa shape index (κ3) is 3.30. The Bertz CT molecular complexity index is 386. The zero-order valence-corrected chi connectivity index (χ0v) is 11.0. The van der Waals surface area contributed by atoms with Gasteiger partial charge in [-0.1, -0.05) is 6.92 Å². The van der Waals surface area contributed by atoms with Gasteiger partial charge >= 0.3 is 0 Å². The Morgan fingerprint density at radius 3 is 2.76 bits per heavy atom. The fourth-order valence-corrected chi connectivity index (χ4v) is 1.97. The molecule has 0 fully saturated rings. The maximum Gasteiger partial charge on any atom is 0.239 e. The predicted octanol–water partition coefficient (Wildman–Crippen LogP) is 0.687. The van der Waals surface area contributed by atoms with Gasteiger partial charge in [0.15, 0.2) is 0 Å². The molecule has 1 aromatic heterocycles. The first kappa shape index (κ1) is 13.7. The molecule has 0 aliphatic rings. The lowest BCUT2D eigenvalue weighted by molar-refractivity contribution is -0.124. The number of aromatic nitrogens is 2. The van der Waals surface area contributed by atoms with Gasteiger partial charge in [0.1, 0.15) is 11.4 Å². The number of aryl methyl sites for hydroxylation is 1. The maximum absolute atomic E-state index is 11.6. The van der Waals surface area contributed by atoms with Crippen molar-refractivity contribution in [2.75, 3.05) is 0 Å². The van der Waals surface area contributed by atoms with Gasteiger partial charge in [-0.25, -0.2) is 4.98 Å². The smallest absolute Gasteiger partial charge is 0.239 e. The van der Waals surface area contributed by atoms with Crippen molar-refractivity contribution in [1.29, 1.82) is 0 Å². The normalized spacial score (nSPS) is 14.9. The summed E-state index contributed by atoms with van der Waals surface area (Å²) in [7, 11) is 0. The van der Waals surface area contributed by atoms with Crippen molar-refractivity contribution in [2.24, 2.45) is 5.73 Å². The summed E-state index contributed by atoms with van der Waals surface area (Å²) in [6.07, 6.45) is 4.46. The van der Waals surface area contributed by atoms with Gasteiger partial charge in [-0.3, -0.25) is 10.1 Å². The van der Waals surface area contributed by atoms with Crippen LogP contribution >= 0.6 is 0 Å². The standard InChI is InChI=1S/C12H22N4O/c1-5-10-14-6-7-16(10)8-12(4,11(13)17)15-9(2)3/h6-7,9,15H,5,8H2,1-4H3,(H2,13,17). The molecule has 5 heteroatoms. The molecular formula is C12H22N4O. The topological polar surface area (TPSA) is 72.9 Å². The fourth-order valence-electron chi connectivity index (χ4n) is 1.97. The minimum absolute atomic E-state index is 0.195. The number of nitrogens with zero attached hydrogens (tertiary/aromatic N) is 2. The number of nitrogens with one attached hydrogen (secondary N) is 1. The largest absolute Gasteiger partial charge is 0.368 e. The van der Waals surface area contributed by atoms with Crippen molar-refractivity contribution in [3.8, 4) is 0 Å². The molecule has 1 heterocycles. The highest BCUT2D eigenvalue weighted by molar-refractivity contribution is 5.84. The molecule has 0 spiro atoms. The molecule has 0 bridgehead atoms. The van der Waals surface area contributed by atoms with Crippen LogP contribution in [0.4, 0.5) is 0 Å². The van der Waals surface area contributed by atoms with Crippen LogP contribution in [0.15, 0.2) is 12.4 Å². The molecular weight excluding hydrogens is 216 g/mol. The summed E-state index contributed by atoms with van der Waals surface area (Å²) < 4.78 is 1.97. The second-order valence-corrected chi connectivity index (χ2v) is 4.82. The zero-order chi connectivity index (χ0) is 13.1. The van der Waals surface area contributed by atoms with Crippen LogP contribution in [0.5, 0.6) is 0 Å². The number of carbonyl (C=O) groups excluding carboxylic acids is 1. The number of imidazole rings is 1. The molecule has 0 radical (unpaired) electrons. The average Bonchev–Trinajstić information content (AvgIpc) is 2.63. The van der Waals surface area contributed by atoms with E-state index in [-0.39, 0.29) is 11.9 Å². The Morgan fingerprint density at radius 2 is 2.29 bits per heavy atom. The Hall–Kier alpha value is -1.36. The minimum Gasteiger partial charge on any atom is -0.368 e. The van der Waals surface area contributed by atoms with E-state index in [0.29, 0.717) is 6.54 Å². The lowest BCUT2D eigenvalue weighted by atomic mass is 10.00. The van der Waals surface area contributed by atoms with Gasteiger partial charge in [-0.05, 0) is 20.8 Å². The summed E-state index contributed by atoms with van der Waals surface area (Å²) in [5.74, 6) is 0.616. The molecule has 0 aliphatic heterocycles. The Morgan fingerprint density at radius 1 is 1.65 bits per heavy atom. The molecule has 17 heavy (non-hydrogen) atoms. The van der Waals surface area contributed by atoms with Crippen molar-refractivity contribution in [1.82, 2.24) is 14.9 Å². The van der Waals surface area contributed by atoms with E-state index in [9.17, 15) is 4.79 Å². The van der Waals surface area contributed by atoms with E-state index in [1.54, 1.807) is 6.20 Å². The molecule has 1 amide bonds. The van der Waals surface area contributed by atoms with Crippen LogP contribution in [0.3, 0.4) is 0 Å². The summed E-state index contributed by atoms with van der Waals surface area (Å²) in [5.41, 5.74) is 4.74. The monoisotopic (exact) mass is 238 g/mol. The van der Waals surface area contributed by atoms with E-state index >= 15 is 0 Å². The van der Waals surface area contributed by atoms with Crippen molar-refractivity contribution in [3.05, 3.63) is 18.2 Å². The average molecular weight is 238 g/mol. The predicted molar refractivity (Wildman–Crippen MR) is 67.5 cm³/mol. The van der Waals surface area contributed by atoms with E-state index < -0.39 is 5.54 Å². The lowest BCUT2D eigenvalue weighted by Crippen LogP contribution is -2.58. The molecule has 1 atom stereocenters. The van der Waals surface area contributed by atoms with Gasteiger partial charge in [0.05, 0.1) is 6.54 Å². The molecule has 1 unspecified atom stereocenters. The van der Waals surface area contributed by atoms with Gasteiger partial charge in [-0.15, -0.1) is 0 Å². The Balaban J connectivity index is 2.90. The number of rotatable bonds is 6. The zero-order valence-electron chi connectivity index (χ0n) is 11.0. The number of amides is 1. The minimum atomic E-state index is -0.751. The number of primary amides is 1. The van der Waals surface area contributed by atoms with E-state index in [0.717, 1.165) is 12.2 Å². The first-order chi connectivity index (χ1) is 7.89. The van der Waals surface area contributed by atoms with Crippen LogP contribution in [-0.2, 0) is 17.8 Å². The fraction of sp³-hybridized carbons (Fsp3) is 0.667. The highest BCUT2D eigenvalue weighted by Gasteiger charge is 2.32. The summed E-state index contributed by atoms with van der Waals surface area (Å²) in [4.78, 5) is 15.8. The van der Waals surface area contributed by atoms with Crippen LogP contribution in [0.1, 0.15) is 33.5 Å². The summed E-state index contributed by atoms with van der Waals surface area (Å²) >= 11 is 0. The van der Waals surface area contributed by atoms with Gasteiger partial charge in [0.2, 0.25) is 5.91 Å². The molecule has 5 nitrogen and oxygen atoms in total. The molecule has 1 aromatic rings. The van der Waals surface area contributed by atoms with E-state index in [2.05, 4.69) is 10.3 Å². The highest BCUT2D eigenvalue weighted by Crippen LogP contribution is 2.11. The van der Waals surface area contributed by atoms with Gasteiger partial charge in [0, 0.05) is 24.9 Å². The van der Waals surface area contributed by atoms with Crippen LogP contribution in [0.25, 0.3) is 0 Å². The van der Waals surface area contributed by atoms with Crippen molar-refractivity contribution < 1.29 is 4.79 Å². The van der Waals surface area contributed by atoms with Crippen LogP contribution in [0.2, 0.25) is 0 Å². The Kier molecular flexibility index (Phi) is 4.28. The van der Waals surface area contributed by atoms with Crippen LogP contribution in [0, 0.1) is 0 Å². The molecule has 0 saturated carbocycles. The van der Waals surface area contributed by atoms with E-state index in [1.807, 2.05) is 38.5 Å². The van der Waals surface area contributed by atoms with E-state index in [4.69, 9.17) is 5.73 Å². The van der Waals surface area contributed by atoms with Crippen LogP contribution < -0.4 is 11.1 Å². The Labute approximate surface area is 102 Å². The summed E-state index contributed by atoms with van der Waals surface area (Å²) in [6, 6.07) is 0.195. The number of hydrogen-bond acceptors (Lipinski definition) is 3. The molecule has 3 N–H and O–H groups in total. The quantitative estimate of drug-likeness (QED) is 0.765. The first-order valence-corrected chi connectivity index (χ1v) is 5.96. The number of carbonyl (C=O) groups is 1. The second kappa shape index (κ2) is 5.31. The third-order valence-electron chi connectivity index (χ3n) is 2.76. The van der Waals surface area contributed by atoms with Crippen LogP contribution in [-0.4, -0.2) is 27.0 Å². The first-order valence-electron chi connectivity index (χ1n) is 5.96.